The van der Waals surface area contributed by atoms with Gasteiger partial charge in [-0.05, 0) is 56.3 Å². The lowest BCUT2D eigenvalue weighted by Crippen LogP contribution is -2.17. The van der Waals surface area contributed by atoms with Crippen molar-refractivity contribution in [2.24, 2.45) is 0 Å². The molecule has 16 heavy (non-hydrogen) atoms. The number of benzene rings is 1. The highest BCUT2D eigenvalue weighted by molar-refractivity contribution is 9.10. The monoisotopic (exact) mass is 301 g/mol. The molecule has 0 aromatic heterocycles. The van der Waals surface area contributed by atoms with Gasteiger partial charge in [0, 0.05) is 15.5 Å². The first kappa shape index (κ1) is 12.4. The zero-order valence-corrected chi connectivity index (χ0v) is 11.6. The predicted octanol–water partition coefficient (Wildman–Crippen LogP) is 4.18. The minimum atomic E-state index is 0.797. The Balaban J connectivity index is 1.67. The standard InChI is InChI=1S/C13H17BrClN/c14-13-9-11(15)5-4-10(13)3-1-2-8-16-12-6-7-12/h4-5,9,12,16H,1-3,6-8H2. The molecule has 0 radical (unpaired) electrons. The van der Waals surface area contributed by atoms with Crippen molar-refractivity contribution in [2.75, 3.05) is 6.54 Å². The highest BCUT2D eigenvalue weighted by Crippen LogP contribution is 2.23. The van der Waals surface area contributed by atoms with Crippen LogP contribution in [0.5, 0.6) is 0 Å². The number of hydrogen-bond acceptors (Lipinski definition) is 1. The van der Waals surface area contributed by atoms with Gasteiger partial charge in [-0.3, -0.25) is 0 Å². The van der Waals surface area contributed by atoms with Crippen LogP contribution in [0.2, 0.25) is 5.02 Å². The first-order chi connectivity index (χ1) is 7.75. The van der Waals surface area contributed by atoms with Gasteiger partial charge in [0.15, 0.2) is 0 Å². The molecule has 0 atom stereocenters. The second kappa shape index (κ2) is 6.04. The molecule has 0 saturated heterocycles. The summed E-state index contributed by atoms with van der Waals surface area (Å²) in [6.07, 6.45) is 6.38. The van der Waals surface area contributed by atoms with E-state index >= 15 is 0 Å². The minimum absolute atomic E-state index is 0.797. The Morgan fingerprint density at radius 2 is 2.12 bits per heavy atom. The molecule has 0 bridgehead atoms. The molecule has 0 aliphatic heterocycles. The number of nitrogens with one attached hydrogen (secondary N) is 1. The van der Waals surface area contributed by atoms with E-state index in [-0.39, 0.29) is 0 Å². The van der Waals surface area contributed by atoms with Crippen molar-refractivity contribution in [2.45, 2.75) is 38.1 Å². The molecule has 1 aliphatic rings. The van der Waals surface area contributed by atoms with Gasteiger partial charge in [0.05, 0.1) is 0 Å². The quantitative estimate of drug-likeness (QED) is 0.777. The van der Waals surface area contributed by atoms with Gasteiger partial charge in [0.2, 0.25) is 0 Å². The summed E-state index contributed by atoms with van der Waals surface area (Å²) < 4.78 is 1.13. The number of rotatable bonds is 6. The molecule has 1 aromatic carbocycles. The zero-order valence-electron chi connectivity index (χ0n) is 9.31. The van der Waals surface area contributed by atoms with Crippen LogP contribution in [-0.2, 0) is 6.42 Å². The molecule has 1 aliphatic carbocycles. The molecule has 0 unspecified atom stereocenters. The van der Waals surface area contributed by atoms with E-state index < -0.39 is 0 Å². The van der Waals surface area contributed by atoms with Crippen LogP contribution >= 0.6 is 27.5 Å². The molecule has 1 aromatic rings. The first-order valence-corrected chi connectivity index (χ1v) is 7.10. The number of aryl methyl sites for hydroxylation is 1. The molecule has 0 spiro atoms. The molecule has 1 fully saturated rings. The zero-order chi connectivity index (χ0) is 11.4. The molecule has 2 rings (SSSR count). The van der Waals surface area contributed by atoms with Crippen LogP contribution in [0.1, 0.15) is 31.2 Å². The largest absolute Gasteiger partial charge is 0.314 e. The van der Waals surface area contributed by atoms with Crippen molar-refractivity contribution in [1.29, 1.82) is 0 Å². The summed E-state index contributed by atoms with van der Waals surface area (Å²) in [4.78, 5) is 0. The van der Waals surface area contributed by atoms with Crippen LogP contribution in [0.4, 0.5) is 0 Å². The Hall–Kier alpha value is -0.0500. The van der Waals surface area contributed by atoms with Crippen molar-refractivity contribution in [3.05, 3.63) is 33.3 Å². The third kappa shape index (κ3) is 4.08. The maximum atomic E-state index is 5.90. The SMILES string of the molecule is Clc1ccc(CCCCNC2CC2)c(Br)c1. The third-order valence-corrected chi connectivity index (χ3v) is 3.87. The normalized spacial score (nSPS) is 15.4. The lowest BCUT2D eigenvalue weighted by Gasteiger charge is -2.05. The van der Waals surface area contributed by atoms with E-state index in [4.69, 9.17) is 11.6 Å². The maximum Gasteiger partial charge on any atom is 0.0417 e. The summed E-state index contributed by atoms with van der Waals surface area (Å²) in [6.45, 7) is 1.16. The van der Waals surface area contributed by atoms with E-state index in [0.29, 0.717) is 0 Å². The van der Waals surface area contributed by atoms with Crippen molar-refractivity contribution in [3.8, 4) is 0 Å². The fraction of sp³-hybridized carbons (Fsp3) is 0.538. The highest BCUT2D eigenvalue weighted by atomic mass is 79.9. The Morgan fingerprint density at radius 1 is 1.31 bits per heavy atom. The van der Waals surface area contributed by atoms with Gasteiger partial charge in [-0.25, -0.2) is 0 Å². The lowest BCUT2D eigenvalue weighted by atomic mass is 10.1. The second-order valence-corrected chi connectivity index (χ2v) is 5.71. The van der Waals surface area contributed by atoms with Crippen molar-refractivity contribution >= 4 is 27.5 Å². The van der Waals surface area contributed by atoms with Crippen LogP contribution in [0, 0.1) is 0 Å². The van der Waals surface area contributed by atoms with Gasteiger partial charge < -0.3 is 5.32 Å². The third-order valence-electron chi connectivity index (χ3n) is 2.90. The molecule has 1 nitrogen and oxygen atoms in total. The van der Waals surface area contributed by atoms with Gasteiger partial charge in [0.1, 0.15) is 0 Å². The molecule has 3 heteroatoms. The van der Waals surface area contributed by atoms with Crippen LogP contribution in [-0.4, -0.2) is 12.6 Å². The molecular formula is C13H17BrClN. The second-order valence-electron chi connectivity index (χ2n) is 4.42. The first-order valence-electron chi connectivity index (χ1n) is 5.93. The smallest absolute Gasteiger partial charge is 0.0417 e. The van der Waals surface area contributed by atoms with Crippen LogP contribution in [0.25, 0.3) is 0 Å². The fourth-order valence-electron chi connectivity index (χ4n) is 1.76. The number of halogens is 2. The molecule has 88 valence electrons. The summed E-state index contributed by atoms with van der Waals surface area (Å²) in [5.74, 6) is 0. The van der Waals surface area contributed by atoms with Gasteiger partial charge in [-0.1, -0.05) is 33.6 Å². The van der Waals surface area contributed by atoms with Gasteiger partial charge in [0.25, 0.3) is 0 Å². The summed E-state index contributed by atoms with van der Waals surface area (Å²) >= 11 is 9.45. The molecule has 0 heterocycles. The van der Waals surface area contributed by atoms with Crippen LogP contribution in [0.3, 0.4) is 0 Å². The number of unbranched alkanes of at least 4 members (excludes halogenated alkanes) is 1. The minimum Gasteiger partial charge on any atom is -0.314 e. The maximum absolute atomic E-state index is 5.90. The van der Waals surface area contributed by atoms with E-state index in [9.17, 15) is 0 Å². The van der Waals surface area contributed by atoms with E-state index in [2.05, 4.69) is 27.3 Å². The molecule has 1 N–H and O–H groups in total. The Kier molecular flexibility index (Phi) is 4.68. The molecule has 0 amide bonds. The van der Waals surface area contributed by atoms with Gasteiger partial charge >= 0.3 is 0 Å². The highest BCUT2D eigenvalue weighted by Gasteiger charge is 2.19. The van der Waals surface area contributed by atoms with E-state index in [1.54, 1.807) is 0 Å². The van der Waals surface area contributed by atoms with E-state index in [0.717, 1.165) is 28.5 Å². The Morgan fingerprint density at radius 3 is 2.81 bits per heavy atom. The van der Waals surface area contributed by atoms with Crippen molar-refractivity contribution < 1.29 is 0 Å². The molecular weight excluding hydrogens is 286 g/mol. The van der Waals surface area contributed by atoms with Crippen LogP contribution < -0.4 is 5.32 Å². The topological polar surface area (TPSA) is 12.0 Å². The average molecular weight is 303 g/mol. The average Bonchev–Trinajstić information content (AvgIpc) is 3.04. The Labute approximate surface area is 111 Å². The molecule has 1 saturated carbocycles. The van der Waals surface area contributed by atoms with Gasteiger partial charge in [-0.2, -0.15) is 0 Å². The van der Waals surface area contributed by atoms with Crippen LogP contribution in [0.15, 0.2) is 22.7 Å². The van der Waals surface area contributed by atoms with Gasteiger partial charge in [-0.15, -0.1) is 0 Å². The summed E-state index contributed by atoms with van der Waals surface area (Å²) in [7, 11) is 0. The predicted molar refractivity (Wildman–Crippen MR) is 73.1 cm³/mol. The van der Waals surface area contributed by atoms with Crippen molar-refractivity contribution in [3.63, 3.8) is 0 Å². The van der Waals surface area contributed by atoms with Crippen molar-refractivity contribution in [1.82, 2.24) is 5.32 Å². The fourth-order valence-corrected chi connectivity index (χ4v) is 2.64. The summed E-state index contributed by atoms with van der Waals surface area (Å²) in [5.41, 5.74) is 1.36. The number of hydrogen-bond donors (Lipinski definition) is 1. The summed E-state index contributed by atoms with van der Waals surface area (Å²) in [6, 6.07) is 6.88. The lowest BCUT2D eigenvalue weighted by molar-refractivity contribution is 0.619. The Bertz CT molecular complexity index is 350. The summed E-state index contributed by atoms with van der Waals surface area (Å²) in [5, 5.41) is 4.33. The van der Waals surface area contributed by atoms with E-state index in [1.807, 2.05) is 12.1 Å². The van der Waals surface area contributed by atoms with E-state index in [1.165, 1.54) is 31.2 Å².